The molecule has 7 heteroatoms. The number of carbonyl (C=O) groups excluding carboxylic acids is 1. The van der Waals surface area contributed by atoms with Gasteiger partial charge in [-0.05, 0) is 18.0 Å². The van der Waals surface area contributed by atoms with Crippen molar-refractivity contribution >= 4 is 33.7 Å². The van der Waals surface area contributed by atoms with Gasteiger partial charge in [-0.25, -0.2) is 9.97 Å². The molecule has 3 heterocycles. The van der Waals surface area contributed by atoms with Gasteiger partial charge in [0.25, 0.3) is 5.91 Å². The molecule has 0 fully saturated rings. The highest BCUT2D eigenvalue weighted by molar-refractivity contribution is 7.16. The molecule has 1 aliphatic rings. The Kier molecular flexibility index (Phi) is 5.57. The summed E-state index contributed by atoms with van der Waals surface area (Å²) in [6.45, 7) is 9.52. The van der Waals surface area contributed by atoms with E-state index in [1.165, 1.54) is 21.8 Å². The van der Waals surface area contributed by atoms with Crippen LogP contribution < -0.4 is 5.32 Å². The molecular formula is C21H24N4OS2. The Hall–Kier alpha value is -2.09. The Labute approximate surface area is 173 Å². The topological polar surface area (TPSA) is 58.1 Å². The fourth-order valence-electron chi connectivity index (χ4n) is 3.25. The third kappa shape index (κ3) is 4.01. The minimum absolute atomic E-state index is 0.195. The normalized spacial score (nSPS) is 14.3. The van der Waals surface area contributed by atoms with Crippen LogP contribution in [0.2, 0.25) is 0 Å². The molecule has 0 aliphatic carbocycles. The Morgan fingerprint density at radius 3 is 2.75 bits per heavy atom. The lowest BCUT2D eigenvalue weighted by atomic mass is 10.0. The maximum absolute atomic E-state index is 12.6. The zero-order valence-electron chi connectivity index (χ0n) is 16.4. The fraction of sp³-hybridized carbons (Fsp3) is 0.381. The number of rotatable bonds is 5. The highest BCUT2D eigenvalue weighted by atomic mass is 32.1. The van der Waals surface area contributed by atoms with Gasteiger partial charge >= 0.3 is 0 Å². The van der Waals surface area contributed by atoms with Gasteiger partial charge in [0.15, 0.2) is 5.13 Å². The molecule has 0 saturated heterocycles. The molecule has 1 amide bonds. The van der Waals surface area contributed by atoms with E-state index in [-0.39, 0.29) is 5.91 Å². The number of nitrogens with zero attached hydrogens (tertiary/aromatic N) is 3. The van der Waals surface area contributed by atoms with Crippen LogP contribution in [0.25, 0.3) is 10.6 Å². The molecule has 1 aromatic carbocycles. The number of nitrogens with one attached hydrogen (secondary N) is 1. The second-order valence-corrected chi connectivity index (χ2v) is 9.22. The van der Waals surface area contributed by atoms with E-state index in [1.54, 1.807) is 11.3 Å². The van der Waals surface area contributed by atoms with E-state index in [0.29, 0.717) is 16.7 Å². The lowest BCUT2D eigenvalue weighted by molar-refractivity contribution is 0.102. The SMILES string of the molecule is CCN1CCc2nc(NC(=O)c3csc(-c4ccc(C(C)C)cc4)n3)sc2C1. The summed E-state index contributed by atoms with van der Waals surface area (Å²) in [6.07, 6.45) is 0.947. The van der Waals surface area contributed by atoms with Crippen molar-refractivity contribution in [1.29, 1.82) is 0 Å². The first-order chi connectivity index (χ1) is 13.5. The first kappa shape index (κ1) is 19.2. The van der Waals surface area contributed by atoms with E-state index >= 15 is 0 Å². The van der Waals surface area contributed by atoms with Gasteiger partial charge < -0.3 is 0 Å². The average Bonchev–Trinajstić information content (AvgIpc) is 3.34. The summed E-state index contributed by atoms with van der Waals surface area (Å²) in [5.41, 5.74) is 3.90. The van der Waals surface area contributed by atoms with Gasteiger partial charge in [-0.1, -0.05) is 45.0 Å². The van der Waals surface area contributed by atoms with Crippen molar-refractivity contribution in [3.8, 4) is 10.6 Å². The number of aromatic nitrogens is 2. The van der Waals surface area contributed by atoms with E-state index in [2.05, 4.69) is 65.2 Å². The first-order valence-electron chi connectivity index (χ1n) is 9.61. The quantitative estimate of drug-likeness (QED) is 0.639. The van der Waals surface area contributed by atoms with Crippen LogP contribution in [-0.2, 0) is 13.0 Å². The fourth-order valence-corrected chi connectivity index (χ4v) is 5.11. The van der Waals surface area contributed by atoms with Crippen LogP contribution in [0.5, 0.6) is 0 Å². The van der Waals surface area contributed by atoms with Gasteiger partial charge in [-0.3, -0.25) is 15.0 Å². The number of thiazole rings is 2. The smallest absolute Gasteiger partial charge is 0.276 e. The van der Waals surface area contributed by atoms with Crippen molar-refractivity contribution in [2.24, 2.45) is 0 Å². The standard InChI is InChI=1S/C21H24N4OS2/c1-4-25-10-9-16-18(11-25)28-21(23-16)24-19(26)17-12-27-20(22-17)15-7-5-14(6-8-15)13(2)3/h5-8,12-13H,4,9-11H2,1-3H3,(H,23,24,26). The summed E-state index contributed by atoms with van der Waals surface area (Å²) in [4.78, 5) is 25.4. The van der Waals surface area contributed by atoms with Gasteiger partial charge in [-0.15, -0.1) is 22.7 Å². The predicted molar refractivity (Wildman–Crippen MR) is 116 cm³/mol. The summed E-state index contributed by atoms with van der Waals surface area (Å²) < 4.78 is 0. The molecule has 1 N–H and O–H groups in total. The Morgan fingerprint density at radius 2 is 2.04 bits per heavy atom. The van der Waals surface area contributed by atoms with Crippen molar-refractivity contribution in [3.63, 3.8) is 0 Å². The van der Waals surface area contributed by atoms with Crippen molar-refractivity contribution in [1.82, 2.24) is 14.9 Å². The molecule has 3 aromatic rings. The molecule has 0 unspecified atom stereocenters. The lowest BCUT2D eigenvalue weighted by Crippen LogP contribution is -2.29. The van der Waals surface area contributed by atoms with Crippen LogP contribution in [0.4, 0.5) is 5.13 Å². The highest BCUT2D eigenvalue weighted by Gasteiger charge is 2.21. The van der Waals surface area contributed by atoms with Gasteiger partial charge in [0.2, 0.25) is 0 Å². The third-order valence-corrected chi connectivity index (χ3v) is 6.93. The van der Waals surface area contributed by atoms with E-state index in [0.717, 1.165) is 42.3 Å². The maximum atomic E-state index is 12.6. The van der Waals surface area contributed by atoms with E-state index in [1.807, 2.05) is 5.38 Å². The summed E-state index contributed by atoms with van der Waals surface area (Å²) in [6, 6.07) is 8.40. The molecule has 0 bridgehead atoms. The third-order valence-electron chi connectivity index (χ3n) is 5.04. The molecule has 28 heavy (non-hydrogen) atoms. The molecule has 2 aromatic heterocycles. The summed E-state index contributed by atoms with van der Waals surface area (Å²) in [5.74, 6) is 0.306. The van der Waals surface area contributed by atoms with Gasteiger partial charge in [0.1, 0.15) is 10.7 Å². The van der Waals surface area contributed by atoms with Gasteiger partial charge in [0.05, 0.1) is 5.69 Å². The lowest BCUT2D eigenvalue weighted by Gasteiger charge is -2.23. The van der Waals surface area contributed by atoms with Crippen LogP contribution in [-0.4, -0.2) is 33.9 Å². The van der Waals surface area contributed by atoms with E-state index in [9.17, 15) is 4.79 Å². The molecule has 0 saturated carbocycles. The average molecular weight is 413 g/mol. The number of hydrogen-bond acceptors (Lipinski definition) is 6. The second-order valence-electron chi connectivity index (χ2n) is 7.28. The number of fused-ring (bicyclic) bond motifs is 1. The minimum Gasteiger partial charge on any atom is -0.298 e. The van der Waals surface area contributed by atoms with Crippen molar-refractivity contribution in [2.75, 3.05) is 18.4 Å². The van der Waals surface area contributed by atoms with Crippen LogP contribution in [0, 0.1) is 0 Å². The molecule has 4 rings (SSSR count). The first-order valence-corrected chi connectivity index (χ1v) is 11.3. The van der Waals surface area contributed by atoms with Crippen LogP contribution in [0.3, 0.4) is 0 Å². The molecule has 0 radical (unpaired) electrons. The Morgan fingerprint density at radius 1 is 1.25 bits per heavy atom. The number of carbonyl (C=O) groups is 1. The Balaban J connectivity index is 1.46. The zero-order chi connectivity index (χ0) is 19.7. The van der Waals surface area contributed by atoms with Crippen molar-refractivity contribution in [3.05, 3.63) is 51.5 Å². The maximum Gasteiger partial charge on any atom is 0.276 e. The summed E-state index contributed by atoms with van der Waals surface area (Å²) >= 11 is 3.07. The Bertz CT molecular complexity index is 975. The molecular weight excluding hydrogens is 388 g/mol. The highest BCUT2D eigenvalue weighted by Crippen LogP contribution is 2.29. The van der Waals surface area contributed by atoms with Crippen molar-refractivity contribution in [2.45, 2.75) is 39.7 Å². The van der Waals surface area contributed by atoms with Crippen LogP contribution in [0.15, 0.2) is 29.6 Å². The molecule has 0 atom stereocenters. The zero-order valence-corrected chi connectivity index (χ0v) is 18.0. The number of likely N-dealkylation sites (N-methyl/N-ethyl adjacent to an activating group) is 1. The summed E-state index contributed by atoms with van der Waals surface area (Å²) in [7, 11) is 0. The monoisotopic (exact) mass is 412 g/mol. The van der Waals surface area contributed by atoms with Crippen LogP contribution >= 0.6 is 22.7 Å². The van der Waals surface area contributed by atoms with Gasteiger partial charge in [-0.2, -0.15) is 0 Å². The molecule has 146 valence electrons. The predicted octanol–water partition coefficient (Wildman–Crippen LogP) is 5.02. The second kappa shape index (κ2) is 8.11. The van der Waals surface area contributed by atoms with Crippen LogP contribution in [0.1, 0.15) is 53.3 Å². The number of anilines is 1. The van der Waals surface area contributed by atoms with E-state index < -0.39 is 0 Å². The number of hydrogen-bond donors (Lipinski definition) is 1. The van der Waals surface area contributed by atoms with E-state index in [4.69, 9.17) is 0 Å². The largest absolute Gasteiger partial charge is 0.298 e. The van der Waals surface area contributed by atoms with Gasteiger partial charge in [0, 0.05) is 35.3 Å². The van der Waals surface area contributed by atoms with Crippen molar-refractivity contribution < 1.29 is 4.79 Å². The number of amides is 1. The molecule has 0 spiro atoms. The minimum atomic E-state index is -0.195. The molecule has 5 nitrogen and oxygen atoms in total. The number of benzene rings is 1. The summed E-state index contributed by atoms with van der Waals surface area (Å²) in [5, 5.41) is 6.27. The molecule has 1 aliphatic heterocycles.